The van der Waals surface area contributed by atoms with Crippen molar-refractivity contribution in [1.29, 1.82) is 0 Å². The van der Waals surface area contributed by atoms with Crippen LogP contribution in [0.3, 0.4) is 0 Å². The average molecular weight is 327 g/mol. The Labute approximate surface area is 140 Å². The fourth-order valence-electron chi connectivity index (χ4n) is 3.80. The van der Waals surface area contributed by atoms with Gasteiger partial charge < -0.3 is 15.5 Å². The molecular weight excluding hydrogens is 306 g/mol. The second-order valence-electron chi connectivity index (χ2n) is 6.42. The van der Waals surface area contributed by atoms with Crippen LogP contribution in [0, 0.1) is 5.92 Å². The van der Waals surface area contributed by atoms with Gasteiger partial charge in [0.05, 0.1) is 23.7 Å². The van der Waals surface area contributed by atoms with Crippen molar-refractivity contribution >= 4 is 28.5 Å². The van der Waals surface area contributed by atoms with Crippen molar-refractivity contribution in [2.75, 3.05) is 18.4 Å². The summed E-state index contributed by atoms with van der Waals surface area (Å²) in [5, 5.41) is 11.2. The maximum Gasteiger partial charge on any atom is 0.322 e. The lowest BCUT2D eigenvalue weighted by molar-refractivity contribution is -0.123. The number of aryl methyl sites for hydroxylation is 1. The summed E-state index contributed by atoms with van der Waals surface area (Å²) < 4.78 is 1.90. The van der Waals surface area contributed by atoms with E-state index < -0.39 is 0 Å². The molecule has 2 aliphatic heterocycles. The normalized spacial score (nSPS) is 23.2. The number of likely N-dealkylation sites (tertiary alicyclic amines) is 1. The van der Waals surface area contributed by atoms with Gasteiger partial charge in [-0.1, -0.05) is 0 Å². The molecule has 0 bridgehead atoms. The highest BCUT2D eigenvalue weighted by Crippen LogP contribution is 2.28. The lowest BCUT2D eigenvalue weighted by Gasteiger charge is -2.35. The average Bonchev–Trinajstić information content (AvgIpc) is 3.18. The smallest absolute Gasteiger partial charge is 0.322 e. The molecule has 0 unspecified atom stereocenters. The molecule has 2 atom stereocenters. The maximum absolute atomic E-state index is 12.7. The number of hydrogen-bond donors (Lipinski definition) is 2. The van der Waals surface area contributed by atoms with E-state index >= 15 is 0 Å². The van der Waals surface area contributed by atoms with Crippen molar-refractivity contribution in [3.63, 3.8) is 0 Å². The molecule has 0 aliphatic carbocycles. The summed E-state index contributed by atoms with van der Waals surface area (Å²) in [6.07, 6.45) is 3.56. The van der Waals surface area contributed by atoms with Crippen LogP contribution in [0.4, 0.5) is 10.5 Å². The minimum atomic E-state index is -0.136. The van der Waals surface area contributed by atoms with Crippen LogP contribution in [0.25, 0.3) is 10.9 Å². The first-order valence-electron chi connectivity index (χ1n) is 8.48. The Morgan fingerprint density at radius 2 is 2.33 bits per heavy atom. The molecule has 3 heterocycles. The van der Waals surface area contributed by atoms with Gasteiger partial charge in [-0.05, 0) is 38.0 Å². The Hall–Kier alpha value is -2.57. The zero-order valence-electron chi connectivity index (χ0n) is 13.7. The predicted molar refractivity (Wildman–Crippen MR) is 90.7 cm³/mol. The molecule has 7 heteroatoms. The molecule has 2 N–H and O–H groups in total. The Balaban J connectivity index is 1.54. The van der Waals surface area contributed by atoms with Crippen LogP contribution in [-0.2, 0) is 11.3 Å². The van der Waals surface area contributed by atoms with Crippen LogP contribution >= 0.6 is 0 Å². The number of hydrogen-bond acceptors (Lipinski definition) is 3. The summed E-state index contributed by atoms with van der Waals surface area (Å²) in [5.74, 6) is 0.0132. The van der Waals surface area contributed by atoms with Gasteiger partial charge in [0.2, 0.25) is 5.91 Å². The zero-order chi connectivity index (χ0) is 16.7. The third-order valence-corrected chi connectivity index (χ3v) is 5.06. The number of carbonyl (C=O) groups is 2. The van der Waals surface area contributed by atoms with E-state index in [-0.39, 0.29) is 23.9 Å². The van der Waals surface area contributed by atoms with Crippen molar-refractivity contribution in [3.05, 3.63) is 24.4 Å². The number of fused-ring (bicyclic) bond motifs is 2. The largest absolute Gasteiger partial charge is 0.354 e. The fraction of sp³-hybridized carbons (Fsp3) is 0.471. The van der Waals surface area contributed by atoms with Crippen molar-refractivity contribution in [1.82, 2.24) is 20.0 Å². The molecule has 0 spiro atoms. The molecule has 24 heavy (non-hydrogen) atoms. The van der Waals surface area contributed by atoms with Crippen molar-refractivity contribution in [2.45, 2.75) is 32.4 Å². The number of urea groups is 1. The highest BCUT2D eigenvalue weighted by Gasteiger charge is 2.42. The Kier molecular flexibility index (Phi) is 3.63. The molecule has 4 rings (SSSR count). The van der Waals surface area contributed by atoms with Crippen LogP contribution in [0.2, 0.25) is 0 Å². The summed E-state index contributed by atoms with van der Waals surface area (Å²) >= 11 is 0. The van der Waals surface area contributed by atoms with Crippen LogP contribution in [0.5, 0.6) is 0 Å². The fourth-order valence-corrected chi connectivity index (χ4v) is 3.80. The second kappa shape index (κ2) is 5.81. The van der Waals surface area contributed by atoms with Crippen molar-refractivity contribution in [3.8, 4) is 0 Å². The third-order valence-electron chi connectivity index (χ3n) is 5.06. The molecule has 7 nitrogen and oxygen atoms in total. The minimum absolute atomic E-state index is 0.0313. The first-order chi connectivity index (χ1) is 11.7. The molecule has 0 saturated carbocycles. The van der Waals surface area contributed by atoms with Crippen LogP contribution in [0.1, 0.15) is 19.8 Å². The zero-order valence-corrected chi connectivity index (χ0v) is 13.7. The SMILES string of the molecule is CCn1ncc2ccc(NC(=O)N3CCC[C@@H]4C(=O)NC[C@H]43)cc21. The van der Waals surface area contributed by atoms with E-state index in [9.17, 15) is 9.59 Å². The van der Waals surface area contributed by atoms with Gasteiger partial charge in [-0.15, -0.1) is 0 Å². The number of carbonyl (C=O) groups excluding carboxylic acids is 2. The van der Waals surface area contributed by atoms with Gasteiger partial charge in [0, 0.05) is 30.7 Å². The first kappa shape index (κ1) is 15.0. The highest BCUT2D eigenvalue weighted by molar-refractivity contribution is 5.93. The summed E-state index contributed by atoms with van der Waals surface area (Å²) in [7, 11) is 0. The third kappa shape index (κ3) is 2.40. The monoisotopic (exact) mass is 327 g/mol. The summed E-state index contributed by atoms with van der Waals surface area (Å²) in [6, 6.07) is 5.63. The van der Waals surface area contributed by atoms with Gasteiger partial charge in [-0.3, -0.25) is 9.48 Å². The number of nitrogens with zero attached hydrogens (tertiary/aromatic N) is 3. The summed E-state index contributed by atoms with van der Waals surface area (Å²) in [4.78, 5) is 26.3. The van der Waals surface area contributed by atoms with Crippen LogP contribution in [0.15, 0.2) is 24.4 Å². The highest BCUT2D eigenvalue weighted by atomic mass is 16.2. The van der Waals surface area contributed by atoms with E-state index in [1.807, 2.05) is 36.0 Å². The molecular formula is C17H21N5O2. The van der Waals surface area contributed by atoms with Crippen molar-refractivity contribution < 1.29 is 9.59 Å². The van der Waals surface area contributed by atoms with Crippen LogP contribution in [-0.4, -0.2) is 45.8 Å². The number of benzene rings is 1. The Morgan fingerprint density at radius 1 is 1.46 bits per heavy atom. The van der Waals surface area contributed by atoms with E-state index in [0.29, 0.717) is 13.1 Å². The number of rotatable bonds is 2. The standard InChI is InChI=1S/C17H21N5O2/c1-2-22-14-8-12(6-5-11(14)9-19-22)20-17(24)21-7-3-4-13-15(21)10-18-16(13)23/h5-6,8-9,13,15H,2-4,7,10H2,1H3,(H,18,23)(H,20,24)/t13-,15+/m0/s1. The van der Waals surface area contributed by atoms with E-state index in [2.05, 4.69) is 15.7 Å². The topological polar surface area (TPSA) is 79.3 Å². The quantitative estimate of drug-likeness (QED) is 0.883. The summed E-state index contributed by atoms with van der Waals surface area (Å²) in [5.41, 5.74) is 1.76. The van der Waals surface area contributed by atoms with Gasteiger partial charge >= 0.3 is 6.03 Å². The minimum Gasteiger partial charge on any atom is -0.354 e. The molecule has 0 radical (unpaired) electrons. The van der Waals surface area contributed by atoms with Gasteiger partial charge in [0.25, 0.3) is 0 Å². The van der Waals surface area contributed by atoms with E-state index in [4.69, 9.17) is 0 Å². The number of piperidine rings is 1. The van der Waals surface area contributed by atoms with Crippen molar-refractivity contribution in [2.24, 2.45) is 5.92 Å². The van der Waals surface area contributed by atoms with Gasteiger partial charge in [-0.2, -0.15) is 5.10 Å². The molecule has 2 aromatic rings. The maximum atomic E-state index is 12.7. The number of anilines is 1. The number of aromatic nitrogens is 2. The lowest BCUT2D eigenvalue weighted by atomic mass is 9.92. The van der Waals surface area contributed by atoms with Gasteiger partial charge in [0.1, 0.15) is 0 Å². The second-order valence-corrected chi connectivity index (χ2v) is 6.42. The van der Waals surface area contributed by atoms with Crippen LogP contribution < -0.4 is 10.6 Å². The van der Waals surface area contributed by atoms with Gasteiger partial charge in [0.15, 0.2) is 0 Å². The molecule has 3 amide bonds. The lowest BCUT2D eigenvalue weighted by Crippen LogP contribution is -2.50. The Bertz CT molecular complexity index is 799. The molecule has 1 aromatic heterocycles. The molecule has 126 valence electrons. The molecule has 2 fully saturated rings. The number of nitrogens with one attached hydrogen (secondary N) is 2. The number of amides is 3. The van der Waals surface area contributed by atoms with E-state index in [1.165, 1.54) is 0 Å². The molecule has 2 aliphatic rings. The van der Waals surface area contributed by atoms with E-state index in [0.717, 1.165) is 36.0 Å². The predicted octanol–water partition coefficient (Wildman–Crippen LogP) is 1.80. The first-order valence-corrected chi connectivity index (χ1v) is 8.48. The Morgan fingerprint density at radius 3 is 3.17 bits per heavy atom. The summed E-state index contributed by atoms with van der Waals surface area (Å²) in [6.45, 7) is 4.07. The van der Waals surface area contributed by atoms with E-state index in [1.54, 1.807) is 4.90 Å². The molecule has 2 saturated heterocycles. The molecule has 1 aromatic carbocycles. The van der Waals surface area contributed by atoms with Gasteiger partial charge in [-0.25, -0.2) is 4.79 Å².